The number of esters is 1. The van der Waals surface area contributed by atoms with E-state index in [1.807, 2.05) is 6.92 Å². The molecule has 0 aromatic carbocycles. The van der Waals surface area contributed by atoms with E-state index in [2.05, 4.69) is 25.6 Å². The van der Waals surface area contributed by atoms with Crippen LogP contribution in [0.5, 0.6) is 0 Å². The van der Waals surface area contributed by atoms with Crippen molar-refractivity contribution in [1.29, 1.82) is 0 Å². The fourth-order valence-corrected chi connectivity index (χ4v) is 4.20. The van der Waals surface area contributed by atoms with Gasteiger partial charge in [-0.3, -0.25) is 4.79 Å². The summed E-state index contributed by atoms with van der Waals surface area (Å²) in [5, 5.41) is 19.5. The first-order valence-electron chi connectivity index (χ1n) is 8.08. The first-order valence-corrected chi connectivity index (χ1v) is 10.0. The van der Waals surface area contributed by atoms with Crippen LogP contribution < -0.4 is 16.4 Å². The highest BCUT2D eigenvalue weighted by Crippen LogP contribution is 2.30. The van der Waals surface area contributed by atoms with Crippen LogP contribution in [0.15, 0.2) is 21.8 Å². The second-order valence-corrected chi connectivity index (χ2v) is 7.86. The Balaban J connectivity index is 1.63. The number of carboxylic acid groups (broad SMARTS) is 1. The Morgan fingerprint density at radius 1 is 1.57 bits per heavy atom. The molecule has 0 spiro atoms. The average Bonchev–Trinajstić information content (AvgIpc) is 3.19. The molecular weight excluding hydrogens is 410 g/mol. The molecule has 2 aliphatic rings. The molecular formula is C15H17N5O6S2. The standard InChI is InChI=1S/C15H17N5O6S2/c1-6-7-4-27-9(19-11(7)14(24)26-6)2-17-13(23)12(20-25-3-10(21)22)8-5-28-15(16)18-8/h5-6,9,19H,2-4H2,1H3,(H2,16,18)(H,17,23)(H,21,22)/b20-12-/t6-,9-/m1/s1. The molecule has 1 amide bonds. The number of ether oxygens (including phenoxy) is 1. The molecule has 0 saturated carbocycles. The molecule has 13 heteroatoms. The van der Waals surface area contributed by atoms with Gasteiger partial charge >= 0.3 is 11.9 Å². The zero-order chi connectivity index (χ0) is 20.3. The first-order chi connectivity index (χ1) is 13.3. The Morgan fingerprint density at radius 3 is 3.04 bits per heavy atom. The van der Waals surface area contributed by atoms with Crippen molar-refractivity contribution in [2.24, 2.45) is 5.16 Å². The number of carbonyl (C=O) groups excluding carboxylic acids is 2. The van der Waals surface area contributed by atoms with Gasteiger partial charge in [-0.25, -0.2) is 14.6 Å². The molecule has 11 nitrogen and oxygen atoms in total. The van der Waals surface area contributed by atoms with Gasteiger partial charge in [0.05, 0.1) is 5.37 Å². The summed E-state index contributed by atoms with van der Waals surface area (Å²) in [7, 11) is 0. The third-order valence-electron chi connectivity index (χ3n) is 3.82. The second kappa shape index (κ2) is 8.48. The van der Waals surface area contributed by atoms with Crippen molar-refractivity contribution < 1.29 is 29.1 Å². The van der Waals surface area contributed by atoms with Crippen LogP contribution in [-0.4, -0.2) is 64.0 Å². The number of thiazole rings is 1. The van der Waals surface area contributed by atoms with Crippen LogP contribution in [0, 0.1) is 0 Å². The van der Waals surface area contributed by atoms with Crippen LogP contribution in [0.25, 0.3) is 0 Å². The van der Waals surface area contributed by atoms with E-state index in [-0.39, 0.29) is 34.6 Å². The number of nitrogens with two attached hydrogens (primary N) is 1. The van der Waals surface area contributed by atoms with E-state index >= 15 is 0 Å². The van der Waals surface area contributed by atoms with Gasteiger partial charge in [0.2, 0.25) is 6.61 Å². The van der Waals surface area contributed by atoms with Crippen molar-refractivity contribution in [2.75, 3.05) is 24.6 Å². The van der Waals surface area contributed by atoms with E-state index in [0.29, 0.717) is 11.4 Å². The number of nitrogens with one attached hydrogen (secondary N) is 2. The van der Waals surface area contributed by atoms with Crippen molar-refractivity contribution in [3.8, 4) is 0 Å². The minimum Gasteiger partial charge on any atom is -0.479 e. The molecule has 0 radical (unpaired) electrons. The summed E-state index contributed by atoms with van der Waals surface area (Å²) in [4.78, 5) is 43.6. The highest BCUT2D eigenvalue weighted by molar-refractivity contribution is 8.00. The molecule has 2 aliphatic heterocycles. The summed E-state index contributed by atoms with van der Waals surface area (Å²) in [6, 6.07) is 0. The highest BCUT2D eigenvalue weighted by Gasteiger charge is 2.36. The van der Waals surface area contributed by atoms with Crippen LogP contribution in [0.1, 0.15) is 12.6 Å². The molecule has 0 aliphatic carbocycles. The van der Waals surface area contributed by atoms with Crippen molar-refractivity contribution in [3.05, 3.63) is 22.3 Å². The normalized spacial score (nSPS) is 21.6. The van der Waals surface area contributed by atoms with E-state index in [1.54, 1.807) is 0 Å². The number of oxime groups is 1. The lowest BCUT2D eigenvalue weighted by Gasteiger charge is -2.24. The van der Waals surface area contributed by atoms with Gasteiger partial charge < -0.3 is 31.0 Å². The fraction of sp³-hybridized carbons (Fsp3) is 0.400. The summed E-state index contributed by atoms with van der Waals surface area (Å²) < 4.78 is 5.17. The Hall–Kier alpha value is -2.80. The number of carboxylic acids is 1. The van der Waals surface area contributed by atoms with E-state index in [1.165, 1.54) is 17.1 Å². The second-order valence-electron chi connectivity index (χ2n) is 5.78. The minimum absolute atomic E-state index is 0.174. The van der Waals surface area contributed by atoms with Crippen LogP contribution in [-0.2, 0) is 24.0 Å². The van der Waals surface area contributed by atoms with Gasteiger partial charge in [0.1, 0.15) is 17.5 Å². The number of nitrogens with zero attached hydrogens (tertiary/aromatic N) is 2. The number of rotatable bonds is 7. The van der Waals surface area contributed by atoms with E-state index in [0.717, 1.165) is 16.9 Å². The van der Waals surface area contributed by atoms with Crippen LogP contribution in [0.4, 0.5) is 5.13 Å². The zero-order valence-electron chi connectivity index (χ0n) is 14.6. The monoisotopic (exact) mass is 427 g/mol. The number of cyclic esters (lactones) is 1. The average molecular weight is 427 g/mol. The molecule has 5 N–H and O–H groups in total. The van der Waals surface area contributed by atoms with Crippen LogP contribution >= 0.6 is 23.1 Å². The van der Waals surface area contributed by atoms with Gasteiger partial charge in [-0.05, 0) is 6.92 Å². The number of amides is 1. The number of thioether (sulfide) groups is 1. The molecule has 0 bridgehead atoms. The number of hydrogen-bond donors (Lipinski definition) is 4. The number of nitrogen functional groups attached to an aromatic ring is 1. The topological polar surface area (TPSA) is 165 Å². The molecule has 3 heterocycles. The Labute approximate surface area is 167 Å². The van der Waals surface area contributed by atoms with Crippen LogP contribution in [0.3, 0.4) is 0 Å². The maximum atomic E-state index is 12.5. The summed E-state index contributed by atoms with van der Waals surface area (Å²) in [5.74, 6) is -1.63. The number of anilines is 1. The van der Waals surface area contributed by atoms with Gasteiger partial charge in [-0.1, -0.05) is 5.16 Å². The predicted octanol–water partition coefficient (Wildman–Crippen LogP) is -0.491. The van der Waals surface area contributed by atoms with Crippen LogP contribution in [0.2, 0.25) is 0 Å². The summed E-state index contributed by atoms with van der Waals surface area (Å²) in [5.41, 5.74) is 6.91. The maximum Gasteiger partial charge on any atom is 0.355 e. The summed E-state index contributed by atoms with van der Waals surface area (Å²) in [6.07, 6.45) is -0.252. The summed E-state index contributed by atoms with van der Waals surface area (Å²) >= 11 is 2.63. The van der Waals surface area contributed by atoms with Gasteiger partial charge in [0.15, 0.2) is 10.8 Å². The van der Waals surface area contributed by atoms with Crippen molar-refractivity contribution in [1.82, 2.24) is 15.6 Å². The highest BCUT2D eigenvalue weighted by atomic mass is 32.2. The number of aromatic nitrogens is 1. The van der Waals surface area contributed by atoms with Crippen molar-refractivity contribution in [2.45, 2.75) is 18.4 Å². The number of carbonyl (C=O) groups is 3. The molecule has 1 aromatic rings. The Kier molecular flexibility index (Phi) is 6.04. The van der Waals surface area contributed by atoms with Gasteiger partial charge in [0.25, 0.3) is 5.91 Å². The van der Waals surface area contributed by atoms with Crippen molar-refractivity contribution >= 4 is 51.8 Å². The molecule has 0 fully saturated rings. The molecule has 3 rings (SSSR count). The molecule has 0 saturated heterocycles. The quantitative estimate of drug-likeness (QED) is 0.253. The molecule has 28 heavy (non-hydrogen) atoms. The zero-order valence-corrected chi connectivity index (χ0v) is 16.3. The summed E-state index contributed by atoms with van der Waals surface area (Å²) in [6.45, 7) is 1.29. The van der Waals surface area contributed by atoms with E-state index in [9.17, 15) is 14.4 Å². The maximum absolute atomic E-state index is 12.5. The fourth-order valence-electron chi connectivity index (χ4n) is 2.49. The number of aliphatic carboxylic acids is 1. The third kappa shape index (κ3) is 4.54. The number of hydrogen-bond acceptors (Lipinski definition) is 11. The van der Waals surface area contributed by atoms with Gasteiger partial charge in [-0.15, -0.1) is 23.1 Å². The predicted molar refractivity (Wildman–Crippen MR) is 102 cm³/mol. The Morgan fingerprint density at radius 2 is 2.36 bits per heavy atom. The lowest BCUT2D eigenvalue weighted by molar-refractivity contribution is -0.142. The SMILES string of the molecule is C[C@H]1OC(=O)C2=C1CS[C@H](CNC(=O)/C(=N\OCC(=O)O)c1csc(N)n1)N2. The largest absolute Gasteiger partial charge is 0.479 e. The third-order valence-corrected chi connectivity index (χ3v) is 5.66. The molecule has 1 aromatic heterocycles. The Bertz CT molecular complexity index is 867. The first kappa shape index (κ1) is 19.9. The van der Waals surface area contributed by atoms with Crippen molar-refractivity contribution in [3.63, 3.8) is 0 Å². The molecule has 0 unspecified atom stereocenters. The molecule has 150 valence electrons. The van der Waals surface area contributed by atoms with E-state index < -0.39 is 24.5 Å². The smallest absolute Gasteiger partial charge is 0.355 e. The lowest BCUT2D eigenvalue weighted by atomic mass is 10.1. The lowest BCUT2D eigenvalue weighted by Crippen LogP contribution is -2.44. The van der Waals surface area contributed by atoms with E-state index in [4.69, 9.17) is 15.6 Å². The molecule has 2 atom stereocenters. The van der Waals surface area contributed by atoms with Gasteiger partial charge in [0, 0.05) is 23.3 Å². The van der Waals surface area contributed by atoms with Gasteiger partial charge in [-0.2, -0.15) is 0 Å². The minimum atomic E-state index is -1.23.